The number of carbonyl (C=O) groups excluding carboxylic acids is 1. The zero-order valence-electron chi connectivity index (χ0n) is 11.3. The zero-order chi connectivity index (χ0) is 13.5. The van der Waals surface area contributed by atoms with E-state index in [-0.39, 0.29) is 24.1 Å². The largest absolute Gasteiger partial charge is 0.350 e. The van der Waals surface area contributed by atoms with Gasteiger partial charge in [-0.2, -0.15) is 0 Å². The lowest BCUT2D eigenvalue weighted by molar-refractivity contribution is 0.0917. The van der Waals surface area contributed by atoms with E-state index >= 15 is 0 Å². The molecule has 1 heterocycles. The molecule has 0 bridgehead atoms. The summed E-state index contributed by atoms with van der Waals surface area (Å²) in [6.07, 6.45) is 0. The van der Waals surface area contributed by atoms with Crippen molar-refractivity contribution in [1.82, 2.24) is 15.8 Å². The van der Waals surface area contributed by atoms with E-state index in [9.17, 15) is 4.79 Å². The molecule has 0 fully saturated rings. The maximum atomic E-state index is 11.8. The fraction of sp³-hybridized carbons (Fsp3) is 0.286. The van der Waals surface area contributed by atoms with E-state index in [1.807, 2.05) is 37.3 Å². The summed E-state index contributed by atoms with van der Waals surface area (Å²) in [5.74, 6) is -0.0112. The highest BCUT2D eigenvalue weighted by molar-refractivity contribution is 5.92. The van der Waals surface area contributed by atoms with Gasteiger partial charge in [0.2, 0.25) is 5.76 Å². The number of rotatable bonds is 6. The van der Waals surface area contributed by atoms with Crippen molar-refractivity contribution in [2.75, 3.05) is 19.6 Å². The van der Waals surface area contributed by atoms with Crippen molar-refractivity contribution in [2.45, 2.75) is 6.92 Å². The zero-order valence-corrected chi connectivity index (χ0v) is 12.1. The minimum absolute atomic E-state index is 0. The molecule has 6 heteroatoms. The molecule has 0 aliphatic rings. The van der Waals surface area contributed by atoms with E-state index in [1.54, 1.807) is 6.07 Å². The molecule has 1 amide bonds. The van der Waals surface area contributed by atoms with E-state index in [1.165, 1.54) is 0 Å². The van der Waals surface area contributed by atoms with Crippen LogP contribution in [0.25, 0.3) is 11.3 Å². The predicted molar refractivity (Wildman–Crippen MR) is 80.1 cm³/mol. The molecule has 1 aromatic heterocycles. The Hall–Kier alpha value is -1.85. The average molecular weight is 296 g/mol. The third kappa shape index (κ3) is 4.36. The second kappa shape index (κ2) is 8.35. The Morgan fingerprint density at radius 1 is 1.25 bits per heavy atom. The van der Waals surface area contributed by atoms with Gasteiger partial charge in [-0.3, -0.25) is 4.79 Å². The quantitative estimate of drug-likeness (QED) is 0.801. The van der Waals surface area contributed by atoms with E-state index in [0.29, 0.717) is 12.2 Å². The number of halogens is 1. The standard InChI is InChI=1S/C14H17N3O2.ClH/c1-2-15-8-9-16-14(18)13-10-12(17-19-13)11-6-4-3-5-7-11;/h3-7,10,15H,2,8-9H2,1H3,(H,16,18);1H. The summed E-state index contributed by atoms with van der Waals surface area (Å²) in [7, 11) is 0. The summed E-state index contributed by atoms with van der Waals surface area (Å²) in [5.41, 5.74) is 1.59. The molecule has 2 aromatic rings. The normalized spacial score (nSPS) is 9.85. The van der Waals surface area contributed by atoms with Crippen LogP contribution < -0.4 is 10.6 Å². The molecule has 0 unspecified atom stereocenters. The Bertz CT molecular complexity index is 528. The van der Waals surface area contributed by atoms with E-state index in [2.05, 4.69) is 15.8 Å². The Labute approximate surface area is 124 Å². The lowest BCUT2D eigenvalue weighted by atomic mass is 10.1. The summed E-state index contributed by atoms with van der Waals surface area (Å²) < 4.78 is 5.06. The molecule has 2 N–H and O–H groups in total. The highest BCUT2D eigenvalue weighted by atomic mass is 35.5. The number of nitrogens with one attached hydrogen (secondary N) is 2. The maximum Gasteiger partial charge on any atom is 0.289 e. The summed E-state index contributed by atoms with van der Waals surface area (Å²) in [6, 6.07) is 11.3. The molecule has 0 spiro atoms. The second-order valence-corrected chi connectivity index (χ2v) is 4.05. The van der Waals surface area contributed by atoms with Crippen molar-refractivity contribution >= 4 is 18.3 Å². The number of amides is 1. The second-order valence-electron chi connectivity index (χ2n) is 4.05. The monoisotopic (exact) mass is 295 g/mol. The Balaban J connectivity index is 0.00000200. The highest BCUT2D eigenvalue weighted by Crippen LogP contribution is 2.18. The first-order valence-electron chi connectivity index (χ1n) is 6.32. The molecular weight excluding hydrogens is 278 g/mol. The van der Waals surface area contributed by atoms with Gasteiger partial charge in [-0.15, -0.1) is 12.4 Å². The van der Waals surface area contributed by atoms with Crippen LogP contribution in [0.5, 0.6) is 0 Å². The summed E-state index contributed by atoms with van der Waals surface area (Å²) in [4.78, 5) is 11.8. The Kier molecular flexibility index (Phi) is 6.76. The maximum absolute atomic E-state index is 11.8. The van der Waals surface area contributed by atoms with Crippen LogP contribution in [-0.4, -0.2) is 30.7 Å². The minimum atomic E-state index is -0.243. The number of likely N-dealkylation sites (N-methyl/N-ethyl adjacent to an activating group) is 1. The first-order chi connectivity index (χ1) is 9.31. The molecule has 0 aliphatic heterocycles. The third-order valence-corrected chi connectivity index (χ3v) is 2.64. The molecular formula is C14H18ClN3O2. The number of hydrogen-bond acceptors (Lipinski definition) is 4. The summed E-state index contributed by atoms with van der Waals surface area (Å²) >= 11 is 0. The molecule has 0 aliphatic carbocycles. The number of nitrogens with zero attached hydrogens (tertiary/aromatic N) is 1. The van der Waals surface area contributed by atoms with Crippen LogP contribution in [0.15, 0.2) is 40.9 Å². The number of hydrogen-bond donors (Lipinski definition) is 2. The van der Waals surface area contributed by atoms with Gasteiger partial charge in [-0.1, -0.05) is 42.4 Å². The van der Waals surface area contributed by atoms with E-state index in [0.717, 1.165) is 18.7 Å². The van der Waals surface area contributed by atoms with Crippen molar-refractivity contribution in [3.05, 3.63) is 42.2 Å². The third-order valence-electron chi connectivity index (χ3n) is 2.64. The molecule has 20 heavy (non-hydrogen) atoms. The summed E-state index contributed by atoms with van der Waals surface area (Å²) in [6.45, 7) is 4.21. The fourth-order valence-electron chi connectivity index (χ4n) is 1.66. The van der Waals surface area contributed by atoms with Gasteiger partial charge >= 0.3 is 0 Å². The van der Waals surface area contributed by atoms with Gasteiger partial charge in [0.15, 0.2) is 0 Å². The van der Waals surface area contributed by atoms with Crippen molar-refractivity contribution < 1.29 is 9.32 Å². The van der Waals surface area contributed by atoms with Crippen molar-refractivity contribution in [3.8, 4) is 11.3 Å². The lowest BCUT2D eigenvalue weighted by Gasteiger charge is -2.02. The van der Waals surface area contributed by atoms with Crippen molar-refractivity contribution in [2.24, 2.45) is 0 Å². The van der Waals surface area contributed by atoms with Crippen LogP contribution in [0, 0.1) is 0 Å². The molecule has 0 saturated heterocycles. The fourth-order valence-corrected chi connectivity index (χ4v) is 1.66. The smallest absolute Gasteiger partial charge is 0.289 e. The van der Waals surface area contributed by atoms with Gasteiger partial charge in [0.25, 0.3) is 5.91 Å². The van der Waals surface area contributed by atoms with Crippen LogP contribution in [0.1, 0.15) is 17.5 Å². The SMILES string of the molecule is CCNCCNC(=O)c1cc(-c2ccccc2)no1.Cl. The van der Waals surface area contributed by atoms with Crippen LogP contribution in [0.2, 0.25) is 0 Å². The molecule has 0 atom stereocenters. The summed E-state index contributed by atoms with van der Waals surface area (Å²) in [5, 5.41) is 9.79. The van der Waals surface area contributed by atoms with E-state index < -0.39 is 0 Å². The average Bonchev–Trinajstić information content (AvgIpc) is 2.94. The number of aromatic nitrogens is 1. The van der Waals surface area contributed by atoms with Crippen molar-refractivity contribution in [1.29, 1.82) is 0 Å². The van der Waals surface area contributed by atoms with Gasteiger partial charge in [0, 0.05) is 24.7 Å². The number of carbonyl (C=O) groups is 1. The van der Waals surface area contributed by atoms with Gasteiger partial charge in [-0.25, -0.2) is 0 Å². The Morgan fingerprint density at radius 3 is 2.70 bits per heavy atom. The van der Waals surface area contributed by atoms with Gasteiger partial charge in [0.1, 0.15) is 5.69 Å². The lowest BCUT2D eigenvalue weighted by Crippen LogP contribution is -2.31. The minimum Gasteiger partial charge on any atom is -0.350 e. The van der Waals surface area contributed by atoms with Gasteiger partial charge in [0.05, 0.1) is 0 Å². The molecule has 2 rings (SSSR count). The van der Waals surface area contributed by atoms with Crippen molar-refractivity contribution in [3.63, 3.8) is 0 Å². The predicted octanol–water partition coefficient (Wildman–Crippen LogP) is 2.10. The van der Waals surface area contributed by atoms with Crippen LogP contribution in [0.4, 0.5) is 0 Å². The first-order valence-corrected chi connectivity index (χ1v) is 6.32. The molecule has 1 aromatic carbocycles. The van der Waals surface area contributed by atoms with Gasteiger partial charge in [-0.05, 0) is 6.54 Å². The topological polar surface area (TPSA) is 67.2 Å². The van der Waals surface area contributed by atoms with Gasteiger partial charge < -0.3 is 15.2 Å². The first kappa shape index (κ1) is 16.2. The molecule has 0 radical (unpaired) electrons. The Morgan fingerprint density at radius 2 is 2.00 bits per heavy atom. The van der Waals surface area contributed by atoms with Crippen LogP contribution >= 0.6 is 12.4 Å². The van der Waals surface area contributed by atoms with Crippen LogP contribution in [0.3, 0.4) is 0 Å². The number of benzene rings is 1. The molecule has 108 valence electrons. The van der Waals surface area contributed by atoms with Crippen LogP contribution in [-0.2, 0) is 0 Å². The van der Waals surface area contributed by atoms with E-state index in [4.69, 9.17) is 4.52 Å². The molecule has 5 nitrogen and oxygen atoms in total. The highest BCUT2D eigenvalue weighted by Gasteiger charge is 2.13. The molecule has 0 saturated carbocycles.